The fourth-order valence-corrected chi connectivity index (χ4v) is 2.82. The summed E-state index contributed by atoms with van der Waals surface area (Å²) >= 11 is 11.0. The Kier molecular flexibility index (Phi) is 4.80. The summed E-state index contributed by atoms with van der Waals surface area (Å²) in [5.74, 6) is 0.561. The molecular weight excluding hydrogens is 368 g/mol. The van der Waals surface area contributed by atoms with Gasteiger partial charge in [0.1, 0.15) is 24.1 Å². The van der Waals surface area contributed by atoms with Crippen molar-refractivity contribution in [2.24, 2.45) is 7.05 Å². The number of hydrogen-bond acceptors (Lipinski definition) is 5. The molecular formula is C15H15ClN4O4S. The summed E-state index contributed by atoms with van der Waals surface area (Å²) in [6.07, 6.45) is -0.919. The lowest BCUT2D eigenvalue weighted by Crippen LogP contribution is -2.30. The van der Waals surface area contributed by atoms with Gasteiger partial charge in [0.05, 0.1) is 6.54 Å². The minimum absolute atomic E-state index is 0.000250. The fraction of sp³-hybridized carbons (Fsp3) is 0.267. The molecule has 3 aromatic rings. The molecule has 3 rings (SSSR count). The second-order valence-electron chi connectivity index (χ2n) is 5.48. The second-order valence-corrected chi connectivity index (χ2v) is 6.30. The molecule has 1 atom stereocenters. The van der Waals surface area contributed by atoms with Crippen molar-refractivity contribution in [3.8, 4) is 5.75 Å². The molecule has 1 aromatic carbocycles. The molecule has 0 aliphatic heterocycles. The minimum atomic E-state index is -0.919. The number of imidazole rings is 1. The van der Waals surface area contributed by atoms with E-state index in [-0.39, 0.29) is 23.4 Å². The number of benzene rings is 1. The topological polar surface area (TPSA) is 105 Å². The van der Waals surface area contributed by atoms with Crippen LogP contribution in [0.25, 0.3) is 11.2 Å². The molecule has 0 saturated heterocycles. The van der Waals surface area contributed by atoms with Gasteiger partial charge in [-0.15, -0.1) is 0 Å². The van der Waals surface area contributed by atoms with Crippen LogP contribution in [-0.2, 0) is 13.6 Å². The van der Waals surface area contributed by atoms with Gasteiger partial charge in [-0.1, -0.05) is 11.6 Å². The van der Waals surface area contributed by atoms with Crippen LogP contribution in [-0.4, -0.2) is 36.9 Å². The summed E-state index contributed by atoms with van der Waals surface area (Å²) in [6.45, 7) is 0.0352. The standard InChI is InChI=1S/C15H15ClN4O4S/c1-19-12-11(13(22)18-14(19)23)20(15(25)17-12)6-9(21)7-24-10-4-2-8(16)3-5-10/h2-5,9,21H,6-7H2,1H3,(H,17,25)(H,18,22,23)/t9-/m1/s1. The van der Waals surface area contributed by atoms with E-state index in [1.54, 1.807) is 24.3 Å². The van der Waals surface area contributed by atoms with Gasteiger partial charge in [-0.05, 0) is 36.5 Å². The maximum Gasteiger partial charge on any atom is 0.329 e. The first-order valence-electron chi connectivity index (χ1n) is 7.35. The third-order valence-corrected chi connectivity index (χ3v) is 4.26. The Morgan fingerprint density at radius 3 is 2.64 bits per heavy atom. The number of nitrogens with zero attached hydrogens (tertiary/aromatic N) is 2. The maximum atomic E-state index is 12.1. The first kappa shape index (κ1) is 17.5. The Morgan fingerprint density at radius 2 is 1.96 bits per heavy atom. The molecule has 10 heteroatoms. The number of halogens is 1. The predicted octanol–water partition coefficient (Wildman–Crippen LogP) is 1.18. The third kappa shape index (κ3) is 3.53. The van der Waals surface area contributed by atoms with Crippen LogP contribution in [0.15, 0.2) is 33.9 Å². The maximum absolute atomic E-state index is 12.1. The molecule has 0 amide bonds. The van der Waals surface area contributed by atoms with Crippen molar-refractivity contribution in [1.82, 2.24) is 19.1 Å². The van der Waals surface area contributed by atoms with E-state index in [0.717, 1.165) is 0 Å². The van der Waals surface area contributed by atoms with E-state index in [9.17, 15) is 14.7 Å². The molecule has 132 valence electrons. The summed E-state index contributed by atoms with van der Waals surface area (Å²) in [7, 11) is 1.51. The number of aliphatic hydroxyl groups is 1. The molecule has 2 heterocycles. The first-order valence-corrected chi connectivity index (χ1v) is 8.13. The highest BCUT2D eigenvalue weighted by atomic mass is 35.5. The number of H-pyrrole nitrogens is 2. The Bertz CT molecular complexity index is 1080. The molecule has 0 fully saturated rings. The number of fused-ring (bicyclic) bond motifs is 1. The first-order chi connectivity index (χ1) is 11.9. The zero-order valence-corrected chi connectivity index (χ0v) is 14.7. The van der Waals surface area contributed by atoms with Crippen LogP contribution in [0.5, 0.6) is 5.75 Å². The molecule has 2 aromatic heterocycles. The minimum Gasteiger partial charge on any atom is -0.491 e. The fourth-order valence-electron chi connectivity index (χ4n) is 2.43. The number of rotatable bonds is 5. The zero-order chi connectivity index (χ0) is 18.1. The smallest absolute Gasteiger partial charge is 0.329 e. The molecule has 0 unspecified atom stereocenters. The van der Waals surface area contributed by atoms with E-state index in [1.807, 2.05) is 0 Å². The molecule has 0 aliphatic rings. The zero-order valence-electron chi connectivity index (χ0n) is 13.2. The Balaban J connectivity index is 1.83. The highest BCUT2D eigenvalue weighted by Gasteiger charge is 2.16. The van der Waals surface area contributed by atoms with Crippen molar-refractivity contribution in [3.05, 3.63) is 54.9 Å². The molecule has 0 radical (unpaired) electrons. The SMILES string of the molecule is Cn1c(=O)[nH]c(=O)c2c1[nH]c(=S)n2C[C@@H](O)COc1ccc(Cl)cc1. The van der Waals surface area contributed by atoms with Crippen molar-refractivity contribution < 1.29 is 9.84 Å². The van der Waals surface area contributed by atoms with Gasteiger partial charge < -0.3 is 19.4 Å². The summed E-state index contributed by atoms with van der Waals surface area (Å²) in [4.78, 5) is 28.8. The van der Waals surface area contributed by atoms with Gasteiger partial charge in [0.15, 0.2) is 10.3 Å². The molecule has 25 heavy (non-hydrogen) atoms. The van der Waals surface area contributed by atoms with E-state index in [2.05, 4.69) is 9.97 Å². The third-order valence-electron chi connectivity index (χ3n) is 3.69. The van der Waals surface area contributed by atoms with Gasteiger partial charge in [0.25, 0.3) is 5.56 Å². The van der Waals surface area contributed by atoms with Crippen LogP contribution in [0.2, 0.25) is 5.02 Å². The van der Waals surface area contributed by atoms with Crippen LogP contribution in [0, 0.1) is 4.77 Å². The lowest BCUT2D eigenvalue weighted by Gasteiger charge is -2.13. The Morgan fingerprint density at radius 1 is 1.28 bits per heavy atom. The molecule has 0 saturated carbocycles. The summed E-state index contributed by atoms with van der Waals surface area (Å²) < 4.78 is 8.41. The molecule has 0 aliphatic carbocycles. The number of aromatic amines is 2. The van der Waals surface area contributed by atoms with Gasteiger partial charge >= 0.3 is 5.69 Å². The monoisotopic (exact) mass is 382 g/mol. The molecule has 8 nitrogen and oxygen atoms in total. The van der Waals surface area contributed by atoms with Crippen LogP contribution in [0.1, 0.15) is 0 Å². The van der Waals surface area contributed by atoms with Gasteiger partial charge in [0.2, 0.25) is 0 Å². The number of aliphatic hydroxyl groups excluding tert-OH is 1. The van der Waals surface area contributed by atoms with Gasteiger partial charge in [0, 0.05) is 12.1 Å². The average Bonchev–Trinajstić information content (AvgIpc) is 2.89. The van der Waals surface area contributed by atoms with Crippen molar-refractivity contribution >= 4 is 35.0 Å². The number of ether oxygens (including phenoxy) is 1. The Hall–Kier alpha value is -2.36. The number of aryl methyl sites for hydroxylation is 1. The Labute approximate surface area is 151 Å². The van der Waals surface area contributed by atoms with Gasteiger partial charge in [-0.25, -0.2) is 4.79 Å². The predicted molar refractivity (Wildman–Crippen MR) is 95.9 cm³/mol. The van der Waals surface area contributed by atoms with Gasteiger partial charge in [-0.2, -0.15) is 0 Å². The van der Waals surface area contributed by atoms with Crippen LogP contribution >= 0.6 is 23.8 Å². The molecule has 0 spiro atoms. The normalized spacial score (nSPS) is 12.4. The van der Waals surface area contributed by atoms with E-state index in [4.69, 9.17) is 28.6 Å². The van der Waals surface area contributed by atoms with E-state index < -0.39 is 17.4 Å². The summed E-state index contributed by atoms with van der Waals surface area (Å²) in [5.41, 5.74) is -0.633. The highest BCUT2D eigenvalue weighted by Crippen LogP contribution is 2.16. The lowest BCUT2D eigenvalue weighted by atomic mass is 10.3. The molecule has 3 N–H and O–H groups in total. The highest BCUT2D eigenvalue weighted by molar-refractivity contribution is 7.71. The van der Waals surface area contributed by atoms with Gasteiger partial charge in [-0.3, -0.25) is 14.3 Å². The summed E-state index contributed by atoms with van der Waals surface area (Å²) in [6, 6.07) is 6.73. The largest absolute Gasteiger partial charge is 0.491 e. The quantitative estimate of drug-likeness (QED) is 0.575. The van der Waals surface area contributed by atoms with Crippen molar-refractivity contribution in [3.63, 3.8) is 0 Å². The number of hydrogen-bond donors (Lipinski definition) is 3. The average molecular weight is 383 g/mol. The van der Waals surface area contributed by atoms with E-state index in [1.165, 1.54) is 16.2 Å². The van der Waals surface area contributed by atoms with E-state index >= 15 is 0 Å². The van der Waals surface area contributed by atoms with Crippen LogP contribution in [0.3, 0.4) is 0 Å². The van der Waals surface area contributed by atoms with Crippen LogP contribution in [0.4, 0.5) is 0 Å². The lowest BCUT2D eigenvalue weighted by molar-refractivity contribution is 0.0931. The van der Waals surface area contributed by atoms with Crippen molar-refractivity contribution in [2.45, 2.75) is 12.6 Å². The second kappa shape index (κ2) is 6.87. The van der Waals surface area contributed by atoms with Crippen LogP contribution < -0.4 is 16.0 Å². The van der Waals surface area contributed by atoms with Crippen molar-refractivity contribution in [1.29, 1.82) is 0 Å². The van der Waals surface area contributed by atoms with E-state index in [0.29, 0.717) is 16.4 Å². The van der Waals surface area contributed by atoms with Crippen molar-refractivity contribution in [2.75, 3.05) is 6.61 Å². The number of aromatic nitrogens is 4. The molecule has 0 bridgehead atoms. The summed E-state index contributed by atoms with van der Waals surface area (Å²) in [5, 5.41) is 10.8. The number of nitrogens with one attached hydrogen (secondary N) is 2.